The number of nitrogens with zero attached hydrogens (tertiary/aromatic N) is 3. The average molecular weight is 412 g/mol. The van der Waals surface area contributed by atoms with Crippen molar-refractivity contribution in [2.24, 2.45) is 0 Å². The summed E-state index contributed by atoms with van der Waals surface area (Å²) < 4.78 is 5.77. The van der Waals surface area contributed by atoms with Crippen LogP contribution in [0, 0.1) is 6.92 Å². The summed E-state index contributed by atoms with van der Waals surface area (Å²) in [4.78, 5) is 27.0. The van der Waals surface area contributed by atoms with Gasteiger partial charge in [-0.1, -0.05) is 11.6 Å². The second-order valence-corrected chi connectivity index (χ2v) is 8.10. The Labute approximate surface area is 173 Å². The lowest BCUT2D eigenvalue weighted by Gasteiger charge is -2.49. The van der Waals surface area contributed by atoms with E-state index in [-0.39, 0.29) is 24.2 Å². The molecule has 3 atom stereocenters. The summed E-state index contributed by atoms with van der Waals surface area (Å²) in [5.74, 6) is 0.544. The highest BCUT2D eigenvalue weighted by molar-refractivity contribution is 6.38. The lowest BCUT2D eigenvalue weighted by molar-refractivity contribution is -0.188. The number of piperidine rings is 1. The Morgan fingerprint density at radius 3 is 2.76 bits per heavy atom. The molecule has 3 aliphatic rings. The number of aryl methyl sites for hydroxylation is 1. The molecule has 2 N–H and O–H groups in total. The van der Waals surface area contributed by atoms with E-state index in [4.69, 9.17) is 16.3 Å². The number of morpholine rings is 1. The number of amides is 1. The number of halogens is 1. The number of carbonyl (C=O) groups excluding carboxylic acids is 1. The maximum atomic E-state index is 12.9. The van der Waals surface area contributed by atoms with Crippen molar-refractivity contribution in [2.75, 3.05) is 19.6 Å². The standard InChI is InChI=1S/C21H22ClN5O2/c1-12-24-7-13(8-25-12)19(27-10-14-6-15(11-27)29-14)9-26-21(28)17-2-3-18-16(20(17)22)4-5-23-18/h2-5,7-8,14-15,19,23H,6,9-11H2,1H3,(H,26,28). The van der Waals surface area contributed by atoms with Crippen LogP contribution < -0.4 is 5.32 Å². The number of fused-ring (bicyclic) bond motifs is 3. The monoisotopic (exact) mass is 411 g/mol. The number of hydrogen-bond donors (Lipinski definition) is 2. The molecule has 2 aromatic heterocycles. The van der Waals surface area contributed by atoms with Gasteiger partial charge in [-0.3, -0.25) is 9.69 Å². The third kappa shape index (κ3) is 3.50. The van der Waals surface area contributed by atoms with Crippen molar-refractivity contribution in [3.63, 3.8) is 0 Å². The summed E-state index contributed by atoms with van der Waals surface area (Å²) in [5.41, 5.74) is 2.38. The zero-order valence-corrected chi connectivity index (χ0v) is 16.8. The minimum Gasteiger partial charge on any atom is -0.372 e. The van der Waals surface area contributed by atoms with Gasteiger partial charge in [0.05, 0.1) is 28.8 Å². The molecule has 29 heavy (non-hydrogen) atoms. The van der Waals surface area contributed by atoms with E-state index in [1.165, 1.54) is 0 Å². The van der Waals surface area contributed by atoms with Gasteiger partial charge in [-0.2, -0.15) is 0 Å². The van der Waals surface area contributed by atoms with Gasteiger partial charge < -0.3 is 15.0 Å². The molecule has 1 amide bonds. The third-order valence-electron chi connectivity index (χ3n) is 5.78. The number of carbonyl (C=O) groups is 1. The topological polar surface area (TPSA) is 83.1 Å². The molecule has 3 saturated heterocycles. The number of rotatable bonds is 5. The smallest absolute Gasteiger partial charge is 0.252 e. The van der Waals surface area contributed by atoms with E-state index < -0.39 is 0 Å². The van der Waals surface area contributed by atoms with Crippen LogP contribution in [0.1, 0.15) is 34.2 Å². The van der Waals surface area contributed by atoms with Gasteiger partial charge in [-0.15, -0.1) is 0 Å². The molecule has 0 aliphatic carbocycles. The van der Waals surface area contributed by atoms with Crippen molar-refractivity contribution in [1.82, 2.24) is 25.2 Å². The van der Waals surface area contributed by atoms with Gasteiger partial charge in [0.1, 0.15) is 5.82 Å². The molecule has 5 heterocycles. The molecule has 6 rings (SSSR count). The predicted octanol–water partition coefficient (Wildman–Crippen LogP) is 2.86. The van der Waals surface area contributed by atoms with Gasteiger partial charge in [0.25, 0.3) is 5.91 Å². The fourth-order valence-corrected chi connectivity index (χ4v) is 4.54. The van der Waals surface area contributed by atoms with Crippen LogP contribution in [0.15, 0.2) is 36.8 Å². The van der Waals surface area contributed by atoms with Crippen LogP contribution in [0.5, 0.6) is 0 Å². The van der Waals surface area contributed by atoms with E-state index in [1.807, 2.05) is 37.6 Å². The molecule has 3 aromatic rings. The lowest BCUT2D eigenvalue weighted by atomic mass is 9.95. The minimum absolute atomic E-state index is 0.0106. The number of aromatic amines is 1. The summed E-state index contributed by atoms with van der Waals surface area (Å²) in [6.07, 6.45) is 7.19. The molecular formula is C21H22ClN5O2. The number of hydrogen-bond acceptors (Lipinski definition) is 5. The normalized spacial score (nSPS) is 22.3. The second-order valence-electron chi connectivity index (χ2n) is 7.73. The molecule has 3 unspecified atom stereocenters. The highest BCUT2D eigenvalue weighted by Crippen LogP contribution is 2.33. The minimum atomic E-state index is -0.186. The largest absolute Gasteiger partial charge is 0.372 e. The van der Waals surface area contributed by atoms with Gasteiger partial charge in [0.15, 0.2) is 0 Å². The number of aromatic nitrogens is 3. The van der Waals surface area contributed by atoms with Gasteiger partial charge in [-0.25, -0.2) is 9.97 Å². The predicted molar refractivity (Wildman–Crippen MR) is 110 cm³/mol. The van der Waals surface area contributed by atoms with E-state index in [0.717, 1.165) is 41.8 Å². The first-order valence-corrected chi connectivity index (χ1v) is 10.2. The zero-order valence-electron chi connectivity index (χ0n) is 16.1. The van der Waals surface area contributed by atoms with Gasteiger partial charge in [-0.05, 0) is 25.1 Å². The molecule has 1 aromatic carbocycles. The van der Waals surface area contributed by atoms with Crippen LogP contribution in [-0.4, -0.2) is 57.6 Å². The molecule has 3 aliphatic heterocycles. The summed E-state index contributed by atoms with van der Waals surface area (Å²) in [7, 11) is 0. The van der Waals surface area contributed by atoms with E-state index in [9.17, 15) is 4.79 Å². The molecule has 0 spiro atoms. The molecule has 7 nitrogen and oxygen atoms in total. The first kappa shape index (κ1) is 18.5. The Bertz CT molecular complexity index is 1030. The molecule has 150 valence electrons. The van der Waals surface area contributed by atoms with Gasteiger partial charge >= 0.3 is 0 Å². The number of nitrogens with one attached hydrogen (secondary N) is 2. The van der Waals surface area contributed by atoms with Crippen LogP contribution >= 0.6 is 11.6 Å². The van der Waals surface area contributed by atoms with Crippen LogP contribution in [0.25, 0.3) is 10.9 Å². The molecule has 0 radical (unpaired) electrons. The number of H-pyrrole nitrogens is 1. The van der Waals surface area contributed by atoms with E-state index >= 15 is 0 Å². The first-order valence-electron chi connectivity index (χ1n) is 9.80. The molecule has 2 bridgehead atoms. The Morgan fingerprint density at radius 2 is 2.03 bits per heavy atom. The van der Waals surface area contributed by atoms with Crippen LogP contribution in [0.4, 0.5) is 0 Å². The fraction of sp³-hybridized carbons (Fsp3) is 0.381. The van der Waals surface area contributed by atoms with Crippen LogP contribution in [0.2, 0.25) is 5.02 Å². The van der Waals surface area contributed by atoms with Gasteiger partial charge in [0.2, 0.25) is 0 Å². The summed E-state index contributed by atoms with van der Waals surface area (Å²) in [6, 6.07) is 5.49. The molecular weight excluding hydrogens is 390 g/mol. The Kier molecular flexibility index (Phi) is 4.73. The van der Waals surface area contributed by atoms with Crippen molar-refractivity contribution in [2.45, 2.75) is 31.6 Å². The summed E-state index contributed by atoms with van der Waals surface area (Å²) >= 11 is 6.47. The van der Waals surface area contributed by atoms with Crippen molar-refractivity contribution in [3.05, 3.63) is 58.8 Å². The highest BCUT2D eigenvalue weighted by atomic mass is 35.5. The van der Waals surface area contributed by atoms with Gasteiger partial charge in [0, 0.05) is 61.1 Å². The van der Waals surface area contributed by atoms with Crippen molar-refractivity contribution in [3.8, 4) is 0 Å². The van der Waals surface area contributed by atoms with E-state index in [1.54, 1.807) is 6.07 Å². The SMILES string of the molecule is Cc1ncc(C(CNC(=O)c2ccc3[nH]ccc3c2Cl)N2CC3CC(C2)O3)cn1. The Balaban J connectivity index is 1.36. The first-order chi connectivity index (χ1) is 14.1. The number of benzene rings is 1. The molecule has 3 fully saturated rings. The van der Waals surface area contributed by atoms with Crippen molar-refractivity contribution >= 4 is 28.4 Å². The van der Waals surface area contributed by atoms with Crippen LogP contribution in [0.3, 0.4) is 0 Å². The highest BCUT2D eigenvalue weighted by Gasteiger charge is 2.41. The third-order valence-corrected chi connectivity index (χ3v) is 6.19. The average Bonchev–Trinajstić information content (AvgIpc) is 3.19. The van der Waals surface area contributed by atoms with Crippen molar-refractivity contribution in [1.29, 1.82) is 0 Å². The maximum absolute atomic E-state index is 12.9. The summed E-state index contributed by atoms with van der Waals surface area (Å²) in [5, 5.41) is 4.37. The quantitative estimate of drug-likeness (QED) is 0.674. The fourth-order valence-electron chi connectivity index (χ4n) is 4.23. The van der Waals surface area contributed by atoms with E-state index in [0.29, 0.717) is 17.1 Å². The zero-order chi connectivity index (χ0) is 20.0. The van der Waals surface area contributed by atoms with Crippen molar-refractivity contribution < 1.29 is 9.53 Å². The Morgan fingerprint density at radius 1 is 1.31 bits per heavy atom. The lowest BCUT2D eigenvalue weighted by Crippen LogP contribution is -2.59. The molecule has 8 heteroatoms. The molecule has 0 saturated carbocycles. The van der Waals surface area contributed by atoms with Crippen LogP contribution in [-0.2, 0) is 4.74 Å². The number of ether oxygens (including phenoxy) is 1. The van der Waals surface area contributed by atoms with E-state index in [2.05, 4.69) is 25.2 Å². The summed E-state index contributed by atoms with van der Waals surface area (Å²) in [6.45, 7) is 4.01. The second kappa shape index (κ2) is 7.40. The Hall–Kier alpha value is -2.48. The maximum Gasteiger partial charge on any atom is 0.252 e.